The van der Waals surface area contributed by atoms with Crippen molar-refractivity contribution in [2.24, 2.45) is 0 Å². The second-order valence-corrected chi connectivity index (χ2v) is 3.51. The van der Waals surface area contributed by atoms with E-state index in [0.29, 0.717) is 5.17 Å². The molecule has 84 valence electrons. The Labute approximate surface area is 86.2 Å². The maximum atomic E-state index is 11.1. The highest BCUT2D eigenvalue weighted by atomic mass is 16.5. The molecule has 0 aliphatic heterocycles. The lowest BCUT2D eigenvalue weighted by atomic mass is 10.2. The van der Waals surface area contributed by atoms with Crippen LogP contribution in [0.4, 0.5) is 0 Å². The van der Waals surface area contributed by atoms with Crippen LogP contribution in [0.1, 0.15) is 40.0 Å². The van der Waals surface area contributed by atoms with Gasteiger partial charge in [-0.25, -0.2) is 5.43 Å². The Kier molecular flexibility index (Phi) is 7.47. The Morgan fingerprint density at radius 2 is 2.14 bits per heavy atom. The third-order valence-electron chi connectivity index (χ3n) is 2.02. The summed E-state index contributed by atoms with van der Waals surface area (Å²) in [6.45, 7) is 5.51. The molecule has 0 aliphatic rings. The molecule has 0 rings (SSSR count). The maximum Gasteiger partial charge on any atom is 0.0680 e. The van der Waals surface area contributed by atoms with E-state index in [0.717, 1.165) is 19.3 Å². The highest BCUT2D eigenvalue weighted by molar-refractivity contribution is 4.82. The zero-order valence-corrected chi connectivity index (χ0v) is 9.23. The summed E-state index contributed by atoms with van der Waals surface area (Å²) in [6.07, 6.45) is 5.89. The number of hydrazine groups is 1. The molecule has 14 heavy (non-hydrogen) atoms. The van der Waals surface area contributed by atoms with Crippen molar-refractivity contribution in [3.63, 3.8) is 0 Å². The molecule has 0 bridgehead atoms. The summed E-state index contributed by atoms with van der Waals surface area (Å²) >= 11 is 0. The minimum atomic E-state index is -0.532. The number of aliphatic hydroxyl groups is 1. The molecule has 0 aromatic heterocycles. The van der Waals surface area contributed by atoms with Crippen molar-refractivity contribution in [1.29, 1.82) is 0 Å². The van der Waals surface area contributed by atoms with Gasteiger partial charge in [-0.2, -0.15) is 0 Å². The average Bonchev–Trinajstić information content (AvgIpc) is 2.12. The summed E-state index contributed by atoms with van der Waals surface area (Å²) in [5, 5.41) is 20.9. The van der Waals surface area contributed by atoms with Crippen LogP contribution in [-0.4, -0.2) is 22.4 Å². The third-order valence-corrected chi connectivity index (χ3v) is 2.02. The first kappa shape index (κ1) is 13.4. The topological polar surface area (TPSA) is 58.6 Å². The van der Waals surface area contributed by atoms with E-state index in [-0.39, 0.29) is 6.04 Å². The lowest BCUT2D eigenvalue weighted by Gasteiger charge is -2.31. The number of aliphatic hydroxyl groups excluding tert-OH is 1. The first-order chi connectivity index (χ1) is 6.57. The van der Waals surface area contributed by atoms with Crippen LogP contribution >= 0.6 is 0 Å². The monoisotopic (exact) mass is 201 g/mol. The number of nitrogens with one attached hydrogen (secondary N) is 1. The minimum Gasteiger partial charge on any atom is -0.744 e. The van der Waals surface area contributed by atoms with Gasteiger partial charge >= 0.3 is 0 Å². The molecule has 0 aromatic carbocycles. The van der Waals surface area contributed by atoms with Gasteiger partial charge in [0.2, 0.25) is 0 Å². The van der Waals surface area contributed by atoms with E-state index in [9.17, 15) is 5.21 Å². The highest BCUT2D eigenvalue weighted by Crippen LogP contribution is 1.97. The van der Waals surface area contributed by atoms with E-state index in [4.69, 9.17) is 5.11 Å². The predicted molar refractivity (Wildman–Crippen MR) is 58.1 cm³/mol. The van der Waals surface area contributed by atoms with Crippen molar-refractivity contribution in [2.45, 2.75) is 52.2 Å². The van der Waals surface area contributed by atoms with E-state index in [1.807, 2.05) is 6.08 Å². The summed E-state index contributed by atoms with van der Waals surface area (Å²) in [4.78, 5) is 0. The summed E-state index contributed by atoms with van der Waals surface area (Å²) in [5.74, 6) is 0. The summed E-state index contributed by atoms with van der Waals surface area (Å²) in [7, 11) is 0. The first-order valence-corrected chi connectivity index (χ1v) is 5.15. The second-order valence-electron chi connectivity index (χ2n) is 3.51. The number of nitrogens with zero attached hydrogens (tertiary/aromatic N) is 1. The Balaban J connectivity index is 3.63. The summed E-state index contributed by atoms with van der Waals surface area (Å²) in [5.41, 5.74) is 2.60. The smallest absolute Gasteiger partial charge is 0.0680 e. The van der Waals surface area contributed by atoms with Gasteiger partial charge < -0.3 is 15.5 Å². The van der Waals surface area contributed by atoms with Crippen molar-refractivity contribution in [3.05, 3.63) is 17.5 Å². The van der Waals surface area contributed by atoms with Gasteiger partial charge in [0.25, 0.3) is 0 Å². The number of hydrogen-bond acceptors (Lipinski definition) is 4. The van der Waals surface area contributed by atoms with Gasteiger partial charge in [0.15, 0.2) is 0 Å². The van der Waals surface area contributed by atoms with Crippen molar-refractivity contribution in [1.82, 2.24) is 10.6 Å². The van der Waals surface area contributed by atoms with E-state index < -0.39 is 6.10 Å². The Morgan fingerprint density at radius 3 is 2.64 bits per heavy atom. The fourth-order valence-electron chi connectivity index (χ4n) is 0.844. The third kappa shape index (κ3) is 6.88. The van der Waals surface area contributed by atoms with Crippen molar-refractivity contribution >= 4 is 0 Å². The molecule has 2 atom stereocenters. The lowest BCUT2D eigenvalue weighted by molar-refractivity contribution is 0.123. The number of unbranched alkanes of at least 4 members (excludes halogenated alkanes) is 2. The van der Waals surface area contributed by atoms with E-state index in [2.05, 4.69) is 12.3 Å². The van der Waals surface area contributed by atoms with Gasteiger partial charge in [0.1, 0.15) is 0 Å². The fourth-order valence-corrected chi connectivity index (χ4v) is 0.844. The van der Waals surface area contributed by atoms with E-state index >= 15 is 0 Å². The van der Waals surface area contributed by atoms with Crippen molar-refractivity contribution in [3.8, 4) is 0 Å². The van der Waals surface area contributed by atoms with Gasteiger partial charge in [-0.3, -0.25) is 0 Å². The molecule has 0 radical (unpaired) electrons. The number of allylic oxidation sites excluding steroid dienone is 1. The van der Waals surface area contributed by atoms with Gasteiger partial charge in [0, 0.05) is 6.04 Å². The molecule has 0 fully saturated rings. The van der Waals surface area contributed by atoms with Gasteiger partial charge in [-0.15, -0.1) is 0 Å². The summed E-state index contributed by atoms with van der Waals surface area (Å²) in [6, 6.07) is -0.233. The molecule has 0 saturated carbocycles. The Hall–Kier alpha value is -0.580. The van der Waals surface area contributed by atoms with Crippen LogP contribution in [0.3, 0.4) is 0 Å². The van der Waals surface area contributed by atoms with Gasteiger partial charge in [-0.1, -0.05) is 25.8 Å². The molecule has 0 spiro atoms. The van der Waals surface area contributed by atoms with E-state index in [1.54, 1.807) is 13.8 Å². The van der Waals surface area contributed by atoms with Crippen LogP contribution in [0.2, 0.25) is 0 Å². The predicted octanol–water partition coefficient (Wildman–Crippen LogP) is 1.76. The zero-order valence-electron chi connectivity index (χ0n) is 9.23. The normalized spacial score (nSPS) is 15.8. The largest absolute Gasteiger partial charge is 0.744 e. The molecular formula is C10H21N2O2-. The van der Waals surface area contributed by atoms with Gasteiger partial charge in [-0.05, 0) is 26.5 Å². The second kappa shape index (κ2) is 7.79. The molecule has 0 unspecified atom stereocenters. The Morgan fingerprint density at radius 1 is 1.50 bits per heavy atom. The average molecular weight is 201 g/mol. The molecule has 0 saturated heterocycles. The number of rotatable bonds is 7. The number of hydrogen-bond donors (Lipinski definition) is 2. The molecule has 0 heterocycles. The maximum absolute atomic E-state index is 11.1. The van der Waals surface area contributed by atoms with Crippen molar-refractivity contribution in [2.75, 3.05) is 0 Å². The van der Waals surface area contributed by atoms with Crippen LogP contribution in [0.15, 0.2) is 12.3 Å². The zero-order chi connectivity index (χ0) is 11.0. The molecule has 0 aliphatic carbocycles. The lowest BCUT2D eigenvalue weighted by Crippen LogP contribution is -2.42. The number of hydroxylamine groups is 1. The SMILES string of the molecule is CCCC/C=C/N([O-])N[C@H](C)[C@H](C)O. The van der Waals surface area contributed by atoms with Crippen LogP contribution in [0.5, 0.6) is 0 Å². The van der Waals surface area contributed by atoms with Crippen molar-refractivity contribution < 1.29 is 5.11 Å². The highest BCUT2D eigenvalue weighted by Gasteiger charge is 2.06. The first-order valence-electron chi connectivity index (χ1n) is 5.15. The molecule has 4 nitrogen and oxygen atoms in total. The van der Waals surface area contributed by atoms with Crippen LogP contribution < -0.4 is 5.43 Å². The van der Waals surface area contributed by atoms with Gasteiger partial charge in [0.05, 0.1) is 6.10 Å². The quantitative estimate of drug-likeness (QED) is 0.487. The van der Waals surface area contributed by atoms with E-state index in [1.165, 1.54) is 6.20 Å². The Bertz CT molecular complexity index is 160. The summed E-state index contributed by atoms with van der Waals surface area (Å²) < 4.78 is 0. The van der Waals surface area contributed by atoms with Crippen LogP contribution in [0.25, 0.3) is 0 Å². The fraction of sp³-hybridized carbons (Fsp3) is 0.800. The molecule has 0 amide bonds. The van der Waals surface area contributed by atoms with Crippen LogP contribution in [0, 0.1) is 5.21 Å². The molecule has 0 aromatic rings. The molecule has 4 heteroatoms. The molecule has 2 N–H and O–H groups in total. The minimum absolute atomic E-state index is 0.233. The van der Waals surface area contributed by atoms with Crippen LogP contribution in [-0.2, 0) is 0 Å². The standard InChI is InChI=1S/C10H21N2O2/c1-4-5-6-7-8-12(14)11-9(2)10(3)13/h7-11,13H,4-6H2,1-3H3/q-1/b8-7+/t9-,10+/m1/s1. The molecular weight excluding hydrogens is 180 g/mol.